The minimum absolute atomic E-state index is 0.0623. The third-order valence-corrected chi connectivity index (χ3v) is 7.52. The number of hydrazone groups is 1. The summed E-state index contributed by atoms with van der Waals surface area (Å²) in [6.07, 6.45) is 3.54. The predicted octanol–water partition coefficient (Wildman–Crippen LogP) is 5.45. The van der Waals surface area contributed by atoms with Gasteiger partial charge in [0.25, 0.3) is 5.91 Å². The highest BCUT2D eigenvalue weighted by Gasteiger charge is 2.35. The molecule has 3 aromatic rings. The largest absolute Gasteiger partial charge is 0.454 e. The molecule has 0 aliphatic carbocycles. The highest BCUT2D eigenvalue weighted by Crippen LogP contribution is 2.36. The number of thioether (sulfide) groups is 1. The number of hydrogen-bond donors (Lipinski definition) is 1. The number of carbonyl (C=O) groups is 1. The van der Waals surface area contributed by atoms with Crippen LogP contribution in [0.2, 0.25) is 0 Å². The summed E-state index contributed by atoms with van der Waals surface area (Å²) in [4.78, 5) is 17.3. The number of hydrogen-bond acceptors (Lipinski definition) is 6. The molecule has 182 valence electrons. The number of benzene rings is 2. The topological polar surface area (TPSA) is 92.3 Å². The fourth-order valence-electron chi connectivity index (χ4n) is 4.72. The fourth-order valence-corrected chi connectivity index (χ4v) is 5.71. The lowest BCUT2D eigenvalue weighted by atomic mass is 10.0. The first kappa shape index (κ1) is 22.6. The fraction of sp³-hybridized carbons (Fsp3) is 0.259. The number of ether oxygens (including phenoxy) is 2. The molecule has 0 radical (unpaired) electrons. The number of aryl methyl sites for hydroxylation is 1. The van der Waals surface area contributed by atoms with E-state index in [0.29, 0.717) is 11.7 Å². The van der Waals surface area contributed by atoms with Gasteiger partial charge in [-0.3, -0.25) is 10.2 Å². The van der Waals surface area contributed by atoms with Crippen LogP contribution in [0.25, 0.3) is 17.0 Å². The zero-order valence-electron chi connectivity index (χ0n) is 20.3. The molecule has 2 aromatic carbocycles. The van der Waals surface area contributed by atoms with Gasteiger partial charge in [-0.1, -0.05) is 24.6 Å². The third-order valence-electron chi connectivity index (χ3n) is 6.55. The SMILES string of the molecule is CCCC1=NN2C(=N)/C(=C\c3c(C)n(Cc4ccc5c(c4)OCO5)c4ccc(C)cc34)C(=O)N=C2S1. The van der Waals surface area contributed by atoms with Crippen molar-refractivity contribution < 1.29 is 14.3 Å². The van der Waals surface area contributed by atoms with E-state index >= 15 is 0 Å². The van der Waals surface area contributed by atoms with E-state index in [1.807, 2.05) is 25.1 Å². The van der Waals surface area contributed by atoms with Gasteiger partial charge in [0, 0.05) is 28.7 Å². The van der Waals surface area contributed by atoms with Gasteiger partial charge in [-0.2, -0.15) is 15.1 Å². The van der Waals surface area contributed by atoms with E-state index in [-0.39, 0.29) is 18.2 Å². The molecule has 36 heavy (non-hydrogen) atoms. The van der Waals surface area contributed by atoms with Crippen molar-refractivity contribution in [3.05, 3.63) is 64.4 Å². The molecule has 1 aromatic heterocycles. The molecular formula is C27H25N5O3S. The van der Waals surface area contributed by atoms with Crippen molar-refractivity contribution in [3.63, 3.8) is 0 Å². The maximum atomic E-state index is 13.0. The predicted molar refractivity (Wildman–Crippen MR) is 143 cm³/mol. The van der Waals surface area contributed by atoms with Gasteiger partial charge in [0.05, 0.1) is 5.57 Å². The van der Waals surface area contributed by atoms with Crippen molar-refractivity contribution in [3.8, 4) is 11.5 Å². The van der Waals surface area contributed by atoms with Crippen LogP contribution in [0.1, 0.15) is 42.1 Å². The van der Waals surface area contributed by atoms with Crippen LogP contribution in [-0.4, -0.2) is 38.3 Å². The highest BCUT2D eigenvalue weighted by atomic mass is 32.2. The zero-order chi connectivity index (χ0) is 25.0. The van der Waals surface area contributed by atoms with Gasteiger partial charge in [0.1, 0.15) is 5.04 Å². The molecular weight excluding hydrogens is 474 g/mol. The number of rotatable bonds is 5. The molecule has 0 unspecified atom stereocenters. The average molecular weight is 500 g/mol. The quantitative estimate of drug-likeness (QED) is 0.471. The Hall–Kier alpha value is -3.85. The van der Waals surface area contributed by atoms with Crippen LogP contribution in [0.4, 0.5) is 0 Å². The van der Waals surface area contributed by atoms with E-state index in [1.54, 1.807) is 6.08 Å². The van der Waals surface area contributed by atoms with E-state index in [9.17, 15) is 4.79 Å². The molecule has 9 heteroatoms. The summed E-state index contributed by atoms with van der Waals surface area (Å²) in [5, 5.41) is 17.1. The van der Waals surface area contributed by atoms with Gasteiger partial charge in [-0.25, -0.2) is 0 Å². The van der Waals surface area contributed by atoms with Gasteiger partial charge in [0.2, 0.25) is 12.0 Å². The maximum Gasteiger partial charge on any atom is 0.283 e. The number of aromatic nitrogens is 1. The van der Waals surface area contributed by atoms with Gasteiger partial charge in [-0.15, -0.1) is 0 Å². The summed E-state index contributed by atoms with van der Waals surface area (Å²) in [6.45, 7) is 7.05. The Labute approximate surface area is 212 Å². The van der Waals surface area contributed by atoms with Gasteiger partial charge < -0.3 is 14.0 Å². The van der Waals surface area contributed by atoms with E-state index in [1.165, 1.54) is 16.8 Å². The number of aliphatic imine (C=N–C) groups is 1. The number of fused-ring (bicyclic) bond motifs is 3. The minimum atomic E-state index is -0.407. The van der Waals surface area contributed by atoms with Crippen molar-refractivity contribution >= 4 is 50.7 Å². The normalized spacial score (nSPS) is 17.8. The van der Waals surface area contributed by atoms with Crippen LogP contribution in [0.3, 0.4) is 0 Å². The molecule has 1 N–H and O–H groups in total. The molecule has 0 fully saturated rings. The van der Waals surface area contributed by atoms with Crippen molar-refractivity contribution in [2.75, 3.05) is 6.79 Å². The second kappa shape index (κ2) is 8.67. The summed E-state index contributed by atoms with van der Waals surface area (Å²) in [5.74, 6) is 1.16. The molecule has 3 aliphatic heterocycles. The number of carbonyl (C=O) groups excluding carboxylic acids is 1. The zero-order valence-corrected chi connectivity index (χ0v) is 21.1. The van der Waals surface area contributed by atoms with Gasteiger partial charge in [0.15, 0.2) is 17.3 Å². The van der Waals surface area contributed by atoms with E-state index in [0.717, 1.165) is 62.7 Å². The second-order valence-electron chi connectivity index (χ2n) is 9.06. The van der Waals surface area contributed by atoms with E-state index in [4.69, 9.17) is 14.9 Å². The average Bonchev–Trinajstić information content (AvgIpc) is 3.54. The summed E-state index contributed by atoms with van der Waals surface area (Å²) in [7, 11) is 0. The smallest absolute Gasteiger partial charge is 0.283 e. The summed E-state index contributed by atoms with van der Waals surface area (Å²) < 4.78 is 13.3. The van der Waals surface area contributed by atoms with Crippen molar-refractivity contribution in [1.82, 2.24) is 9.58 Å². The molecule has 0 spiro atoms. The third kappa shape index (κ3) is 3.71. The molecule has 3 aliphatic rings. The Bertz CT molecular complexity index is 1550. The van der Waals surface area contributed by atoms with Crippen molar-refractivity contribution in [1.29, 1.82) is 5.41 Å². The first-order valence-electron chi connectivity index (χ1n) is 11.9. The Morgan fingerprint density at radius 3 is 2.81 bits per heavy atom. The molecule has 0 atom stereocenters. The van der Waals surface area contributed by atoms with E-state index < -0.39 is 5.91 Å². The first-order chi connectivity index (χ1) is 17.4. The lowest BCUT2D eigenvalue weighted by Crippen LogP contribution is -2.35. The van der Waals surface area contributed by atoms with Crippen LogP contribution >= 0.6 is 11.8 Å². The Kier molecular flexibility index (Phi) is 5.44. The second-order valence-corrected chi connectivity index (χ2v) is 10.1. The van der Waals surface area contributed by atoms with Crippen LogP contribution in [0, 0.1) is 19.3 Å². The summed E-state index contributed by atoms with van der Waals surface area (Å²) in [6, 6.07) is 12.3. The molecule has 0 saturated carbocycles. The maximum absolute atomic E-state index is 13.0. The number of amidine groups is 2. The van der Waals surface area contributed by atoms with Gasteiger partial charge in [-0.05, 0) is 74.4 Å². The monoisotopic (exact) mass is 499 g/mol. The standard InChI is InChI=1S/C27H25N5O3S/c1-4-5-24-30-32-25(28)20(26(33)29-27(32)36-24)12-18-16(3)31(21-8-6-15(2)10-19(18)21)13-17-7-9-22-23(11-17)35-14-34-22/h6-12,28H,4-5,13-14H2,1-3H3/b20-12+,28-25?. The van der Waals surface area contributed by atoms with Gasteiger partial charge >= 0.3 is 0 Å². The molecule has 0 saturated heterocycles. The Morgan fingerprint density at radius 2 is 1.97 bits per heavy atom. The molecule has 4 heterocycles. The molecule has 6 rings (SSSR count). The molecule has 8 nitrogen and oxygen atoms in total. The van der Waals surface area contributed by atoms with E-state index in [2.05, 4.69) is 46.7 Å². The lowest BCUT2D eigenvalue weighted by Gasteiger charge is -2.20. The van der Waals surface area contributed by atoms with Crippen LogP contribution < -0.4 is 9.47 Å². The molecule has 0 bridgehead atoms. The lowest BCUT2D eigenvalue weighted by molar-refractivity contribution is -0.114. The summed E-state index contributed by atoms with van der Waals surface area (Å²) >= 11 is 1.37. The Balaban J connectivity index is 1.43. The highest BCUT2D eigenvalue weighted by molar-refractivity contribution is 8.26. The summed E-state index contributed by atoms with van der Waals surface area (Å²) in [5.41, 5.74) is 5.42. The number of nitrogens with one attached hydrogen (secondary N) is 1. The van der Waals surface area contributed by atoms with Crippen molar-refractivity contribution in [2.45, 2.75) is 40.2 Å². The van der Waals surface area contributed by atoms with Crippen LogP contribution in [-0.2, 0) is 11.3 Å². The number of amides is 1. The first-order valence-corrected chi connectivity index (χ1v) is 12.7. The van der Waals surface area contributed by atoms with Crippen LogP contribution in [0.5, 0.6) is 11.5 Å². The Morgan fingerprint density at radius 1 is 1.14 bits per heavy atom. The number of nitrogens with zero attached hydrogens (tertiary/aromatic N) is 4. The van der Waals surface area contributed by atoms with Crippen LogP contribution in [0.15, 0.2) is 52.1 Å². The molecule has 1 amide bonds. The minimum Gasteiger partial charge on any atom is -0.454 e. The van der Waals surface area contributed by atoms with Crippen molar-refractivity contribution in [2.24, 2.45) is 10.1 Å².